The number of anilines is 4. The van der Waals surface area contributed by atoms with Gasteiger partial charge in [0.15, 0.2) is 0 Å². The van der Waals surface area contributed by atoms with Gasteiger partial charge in [0.05, 0.1) is 22.4 Å². The number of para-hydroxylation sites is 4. The predicted octanol–water partition coefficient (Wildman–Crippen LogP) is 12.1. The van der Waals surface area contributed by atoms with Gasteiger partial charge in [-0.3, -0.25) is 4.57 Å². The fourth-order valence-electron chi connectivity index (χ4n) is 9.59. The maximum Gasteiger partial charge on any atom is 0.419 e. The van der Waals surface area contributed by atoms with Crippen molar-refractivity contribution >= 4 is 46.4 Å². The van der Waals surface area contributed by atoms with E-state index in [1.807, 2.05) is 30.5 Å². The summed E-state index contributed by atoms with van der Waals surface area (Å²) in [6, 6.07) is 73.0. The van der Waals surface area contributed by atoms with Crippen LogP contribution in [-0.2, 0) is 21.1 Å². The number of fused-ring (bicyclic) bond motifs is 9. The largest absolute Gasteiger partial charge is 0.510 e. The molecule has 0 spiro atoms. The summed E-state index contributed by atoms with van der Waals surface area (Å²) < 4.78 is 11.0. The SMILES string of the molecule is Cc1cccc(C)c1N1B2c3ccccc3-c3ccc(Oc4[c-]c(-n5[c-][n+](-c6c(-c7ccccc7)cccc6-c6ccccc6)c6ccccc65)ccc4)[c-]c3N2c2ncccc21.[Pt]. The van der Waals surface area contributed by atoms with Gasteiger partial charge in [0.25, 0.3) is 6.33 Å². The molecule has 0 aliphatic carbocycles. The third kappa shape index (κ3) is 6.38. The van der Waals surface area contributed by atoms with Crippen molar-refractivity contribution < 1.29 is 30.4 Å². The summed E-state index contributed by atoms with van der Waals surface area (Å²) in [7, 11) is 0. The average Bonchev–Trinajstić information content (AvgIpc) is 3.89. The Bertz CT molecular complexity index is 3310. The number of hydrogen-bond acceptors (Lipinski definition) is 4. The molecule has 0 saturated heterocycles. The molecule has 0 saturated carbocycles. The van der Waals surface area contributed by atoms with Gasteiger partial charge in [0, 0.05) is 44.4 Å². The smallest absolute Gasteiger partial charge is 0.419 e. The normalized spacial score (nSPS) is 12.3. The van der Waals surface area contributed by atoms with Crippen molar-refractivity contribution in [2.75, 3.05) is 9.62 Å². The molecule has 0 amide bonds. The maximum absolute atomic E-state index is 6.73. The zero-order valence-corrected chi connectivity index (χ0v) is 37.3. The Kier molecular flexibility index (Phi) is 9.86. The summed E-state index contributed by atoms with van der Waals surface area (Å²) in [5.74, 6) is 2.04. The van der Waals surface area contributed by atoms with Crippen LogP contribution in [0, 0.1) is 32.3 Å². The van der Waals surface area contributed by atoms with Crippen LogP contribution in [0.4, 0.5) is 22.9 Å². The molecule has 4 heterocycles. The van der Waals surface area contributed by atoms with E-state index in [1.54, 1.807) is 0 Å². The predicted molar refractivity (Wildman–Crippen MR) is 254 cm³/mol. The number of nitrogens with zero attached hydrogens (tertiary/aromatic N) is 5. The number of imidazole rings is 1. The van der Waals surface area contributed by atoms with Gasteiger partial charge in [-0.2, -0.15) is 18.2 Å². The van der Waals surface area contributed by atoms with Crippen LogP contribution < -0.4 is 24.4 Å². The molecule has 0 radical (unpaired) electrons. The molecular formula is C56H38BN5OPt-2. The van der Waals surface area contributed by atoms with Gasteiger partial charge in [-0.15, -0.1) is 29.8 Å². The summed E-state index contributed by atoms with van der Waals surface area (Å²) in [6.07, 6.45) is 5.64. The molecule has 2 aliphatic rings. The molecular weight excluding hydrogens is 965 g/mol. The first-order valence-electron chi connectivity index (χ1n) is 21.3. The minimum absolute atomic E-state index is 0. The van der Waals surface area contributed by atoms with Crippen LogP contribution in [0.15, 0.2) is 194 Å². The van der Waals surface area contributed by atoms with Crippen molar-refractivity contribution in [1.82, 2.24) is 9.55 Å². The number of benzene rings is 8. The Hall–Kier alpha value is -7.47. The van der Waals surface area contributed by atoms with E-state index in [-0.39, 0.29) is 28.0 Å². The van der Waals surface area contributed by atoms with E-state index in [0.717, 1.165) is 67.4 Å². The molecule has 12 rings (SSSR count). The summed E-state index contributed by atoms with van der Waals surface area (Å²) >= 11 is 0. The maximum atomic E-state index is 6.73. The van der Waals surface area contributed by atoms with Gasteiger partial charge >= 0.3 is 6.98 Å². The van der Waals surface area contributed by atoms with Gasteiger partial charge in [-0.1, -0.05) is 157 Å². The average molecular weight is 1000 g/mol. The van der Waals surface area contributed by atoms with Crippen molar-refractivity contribution in [3.63, 3.8) is 0 Å². The van der Waals surface area contributed by atoms with Crippen LogP contribution >= 0.6 is 0 Å². The summed E-state index contributed by atoms with van der Waals surface area (Å²) in [4.78, 5) is 9.78. The number of aromatic nitrogens is 3. The fourth-order valence-corrected chi connectivity index (χ4v) is 9.59. The third-order valence-electron chi connectivity index (χ3n) is 12.3. The molecule has 0 atom stereocenters. The molecule has 0 N–H and O–H groups in total. The number of pyridine rings is 1. The van der Waals surface area contributed by atoms with Crippen LogP contribution in [0.5, 0.6) is 11.5 Å². The number of ether oxygens (including phenoxy) is 1. The second-order valence-corrected chi connectivity index (χ2v) is 16.1. The van der Waals surface area contributed by atoms with E-state index in [1.165, 1.54) is 27.8 Å². The van der Waals surface area contributed by atoms with Crippen LogP contribution in [0.1, 0.15) is 11.1 Å². The van der Waals surface area contributed by atoms with Crippen molar-refractivity contribution in [2.45, 2.75) is 13.8 Å². The molecule has 10 aromatic rings. The number of hydrogen-bond donors (Lipinski definition) is 0. The summed E-state index contributed by atoms with van der Waals surface area (Å²) in [6.45, 7) is 4.20. The van der Waals surface area contributed by atoms with Crippen molar-refractivity contribution in [3.05, 3.63) is 224 Å². The van der Waals surface area contributed by atoms with Gasteiger partial charge in [-0.05, 0) is 70.5 Å². The van der Waals surface area contributed by atoms with Crippen molar-refractivity contribution in [3.8, 4) is 56.3 Å². The zero-order chi connectivity index (χ0) is 42.0. The Balaban J connectivity index is 0.00000456. The quantitative estimate of drug-likeness (QED) is 0.0906. The first-order valence-corrected chi connectivity index (χ1v) is 21.3. The minimum atomic E-state index is -0.168. The van der Waals surface area contributed by atoms with Gasteiger partial charge in [0.2, 0.25) is 0 Å². The fraction of sp³-hybridized carbons (Fsp3) is 0.0357. The summed E-state index contributed by atoms with van der Waals surface area (Å²) in [5, 5.41) is 0. The Morgan fingerprint density at radius 2 is 1.19 bits per heavy atom. The first kappa shape index (κ1) is 39.4. The second-order valence-electron chi connectivity index (χ2n) is 16.1. The molecule has 308 valence electrons. The molecule has 6 nitrogen and oxygen atoms in total. The molecule has 64 heavy (non-hydrogen) atoms. The first-order chi connectivity index (χ1) is 31.1. The Labute approximate surface area is 387 Å². The molecule has 0 unspecified atom stereocenters. The number of rotatable bonds is 7. The second kappa shape index (κ2) is 16.0. The van der Waals surface area contributed by atoms with E-state index >= 15 is 0 Å². The van der Waals surface area contributed by atoms with Crippen molar-refractivity contribution in [2.24, 2.45) is 0 Å². The molecule has 8 aromatic carbocycles. The van der Waals surface area contributed by atoms with Crippen LogP contribution in [0.2, 0.25) is 0 Å². The van der Waals surface area contributed by atoms with E-state index in [4.69, 9.17) is 9.72 Å². The third-order valence-corrected chi connectivity index (χ3v) is 12.3. The van der Waals surface area contributed by atoms with Crippen LogP contribution in [0.3, 0.4) is 0 Å². The van der Waals surface area contributed by atoms with Gasteiger partial charge < -0.3 is 18.9 Å². The number of aryl methyl sites for hydroxylation is 2. The molecule has 2 aliphatic heterocycles. The topological polar surface area (TPSA) is 37.4 Å². The molecule has 8 heteroatoms. The molecule has 2 aromatic heterocycles. The van der Waals surface area contributed by atoms with Gasteiger partial charge in [-0.25, -0.2) is 4.98 Å². The standard InChI is InChI=1S/C56H38BN5O.Pt/c1-38-17-13-18-39(2)54(38)61-52-31-16-34-58-56(52)62-53-36-44(32-33-48(53)47-25-9-10-28-49(47)57(61)62)63-43-24-14-23-42(35-43)59-37-60(51-30-12-11-29-50(51)59)55-45(40-19-5-3-6-20-40)26-15-27-46(55)41-21-7-4-8-22-41;/h3-34H,1-2H3;/q-2;. The van der Waals surface area contributed by atoms with E-state index in [9.17, 15) is 0 Å². The zero-order valence-electron chi connectivity index (χ0n) is 35.0. The van der Waals surface area contributed by atoms with E-state index in [2.05, 4.69) is 215 Å². The summed E-state index contributed by atoms with van der Waals surface area (Å²) in [5.41, 5.74) is 17.4. The van der Waals surface area contributed by atoms with Crippen LogP contribution in [-0.4, -0.2) is 16.5 Å². The molecule has 0 bridgehead atoms. The monoisotopic (exact) mass is 1000 g/mol. The van der Waals surface area contributed by atoms with Gasteiger partial charge in [0.1, 0.15) is 5.82 Å². The van der Waals surface area contributed by atoms with E-state index < -0.39 is 0 Å². The Morgan fingerprint density at radius 3 is 1.95 bits per heavy atom. The van der Waals surface area contributed by atoms with Crippen LogP contribution in [0.25, 0.3) is 55.8 Å². The molecule has 0 fully saturated rings. The minimum Gasteiger partial charge on any atom is -0.510 e. The van der Waals surface area contributed by atoms with Crippen molar-refractivity contribution in [1.29, 1.82) is 0 Å². The van der Waals surface area contributed by atoms with E-state index in [0.29, 0.717) is 11.5 Å². The Morgan fingerprint density at radius 1 is 0.547 bits per heavy atom.